The Morgan fingerprint density at radius 1 is 2.00 bits per heavy atom. The first-order valence-corrected chi connectivity index (χ1v) is 3.13. The maximum atomic E-state index is 10.3. The molecule has 0 amide bonds. The zero-order chi connectivity index (χ0) is 7.07. The van der Waals surface area contributed by atoms with Gasteiger partial charge in [-0.3, -0.25) is 4.79 Å². The van der Waals surface area contributed by atoms with Crippen molar-refractivity contribution in [3.63, 3.8) is 0 Å². The molecule has 0 aliphatic heterocycles. The maximum Gasteiger partial charge on any atom is 0.323 e. The van der Waals surface area contributed by atoms with E-state index in [9.17, 15) is 4.79 Å². The third-order valence-corrected chi connectivity index (χ3v) is 2.04. The lowest BCUT2D eigenvalue weighted by Gasteiger charge is -2.01. The van der Waals surface area contributed by atoms with Crippen LogP contribution in [0.3, 0.4) is 0 Å². The van der Waals surface area contributed by atoms with Crippen LogP contribution in [0.15, 0.2) is 0 Å². The summed E-state index contributed by atoms with van der Waals surface area (Å²) in [6.45, 7) is 1.96. The molecule has 2 atom stereocenters. The lowest BCUT2D eigenvalue weighted by atomic mass is 10.2. The highest BCUT2D eigenvalue weighted by molar-refractivity contribution is 5.82. The Hall–Kier alpha value is -0.570. The normalized spacial score (nSPS) is 40.4. The van der Waals surface area contributed by atoms with Gasteiger partial charge in [0.05, 0.1) is 0 Å². The quantitative estimate of drug-likeness (QED) is 0.559. The second kappa shape index (κ2) is 1.70. The van der Waals surface area contributed by atoms with Gasteiger partial charge in [-0.05, 0) is 12.3 Å². The number of rotatable bonds is 2. The summed E-state index contributed by atoms with van der Waals surface area (Å²) in [5.74, 6) is -0.635. The Kier molecular flexibility index (Phi) is 1.24. The number of hydrogen-bond donors (Lipinski definition) is 2. The largest absolute Gasteiger partial charge is 0.480 e. The van der Waals surface area contributed by atoms with E-state index in [1.54, 1.807) is 0 Å². The minimum atomic E-state index is -0.866. The minimum Gasteiger partial charge on any atom is -0.480 e. The molecule has 0 aromatic heterocycles. The first-order valence-electron chi connectivity index (χ1n) is 3.13. The van der Waals surface area contributed by atoms with E-state index in [1.165, 1.54) is 0 Å². The molecular formula is C6H11NO2. The summed E-state index contributed by atoms with van der Waals surface area (Å²) < 4.78 is 0. The molecular weight excluding hydrogens is 118 g/mol. The Labute approximate surface area is 53.9 Å². The first-order chi connectivity index (χ1) is 4.11. The number of nitrogens with two attached hydrogens (primary N) is 1. The van der Waals surface area contributed by atoms with Gasteiger partial charge in [0.1, 0.15) is 5.54 Å². The molecule has 1 aliphatic rings. The average molecular weight is 129 g/mol. The van der Waals surface area contributed by atoms with E-state index in [0.717, 1.165) is 6.42 Å². The Morgan fingerprint density at radius 3 is 2.67 bits per heavy atom. The molecule has 52 valence electrons. The van der Waals surface area contributed by atoms with Crippen molar-refractivity contribution in [3.05, 3.63) is 0 Å². The van der Waals surface area contributed by atoms with Crippen LogP contribution in [0.5, 0.6) is 0 Å². The van der Waals surface area contributed by atoms with E-state index in [-0.39, 0.29) is 5.92 Å². The molecule has 0 saturated heterocycles. The summed E-state index contributed by atoms with van der Waals surface area (Å²) in [6, 6.07) is 0. The third-order valence-electron chi connectivity index (χ3n) is 2.04. The molecule has 0 radical (unpaired) electrons. The molecule has 0 bridgehead atoms. The summed E-state index contributed by atoms with van der Waals surface area (Å²) in [4.78, 5) is 10.3. The summed E-state index contributed by atoms with van der Waals surface area (Å²) in [5.41, 5.74) is 4.58. The number of carbonyl (C=O) groups is 1. The fraction of sp³-hybridized carbons (Fsp3) is 0.833. The number of aliphatic carboxylic acids is 1. The fourth-order valence-electron chi connectivity index (χ4n) is 1.12. The van der Waals surface area contributed by atoms with Gasteiger partial charge in [-0.15, -0.1) is 0 Å². The zero-order valence-electron chi connectivity index (χ0n) is 5.42. The van der Waals surface area contributed by atoms with Gasteiger partial charge in [0.2, 0.25) is 0 Å². The summed E-state index contributed by atoms with van der Waals surface area (Å²) in [5, 5.41) is 8.49. The third kappa shape index (κ3) is 0.812. The Bertz CT molecular complexity index is 146. The predicted molar refractivity (Wildman–Crippen MR) is 33.0 cm³/mol. The standard InChI is InChI=1S/C6H11NO2/c1-2-4-3-6(4,7)5(8)9/h4H,2-3,7H2,1H3,(H,8,9). The molecule has 3 nitrogen and oxygen atoms in total. The minimum absolute atomic E-state index is 0.218. The van der Waals surface area contributed by atoms with Crippen molar-refractivity contribution in [3.8, 4) is 0 Å². The smallest absolute Gasteiger partial charge is 0.323 e. The van der Waals surface area contributed by atoms with Crippen molar-refractivity contribution in [1.29, 1.82) is 0 Å². The van der Waals surface area contributed by atoms with Crippen LogP contribution < -0.4 is 5.73 Å². The maximum absolute atomic E-state index is 10.3. The van der Waals surface area contributed by atoms with Gasteiger partial charge in [-0.25, -0.2) is 0 Å². The number of carboxylic acids is 1. The molecule has 1 saturated carbocycles. The summed E-state index contributed by atoms with van der Waals surface area (Å²) in [7, 11) is 0. The molecule has 1 rings (SSSR count). The van der Waals surface area contributed by atoms with Crippen molar-refractivity contribution < 1.29 is 9.90 Å². The van der Waals surface area contributed by atoms with Crippen LogP contribution >= 0.6 is 0 Å². The van der Waals surface area contributed by atoms with Crippen LogP contribution in [0.4, 0.5) is 0 Å². The van der Waals surface area contributed by atoms with E-state index in [0.29, 0.717) is 6.42 Å². The van der Waals surface area contributed by atoms with Crippen molar-refractivity contribution in [2.45, 2.75) is 25.3 Å². The predicted octanol–water partition coefficient (Wildman–Crippen LogP) is 0.198. The molecule has 1 aliphatic carbocycles. The van der Waals surface area contributed by atoms with E-state index < -0.39 is 11.5 Å². The second-order valence-corrected chi connectivity index (χ2v) is 2.65. The van der Waals surface area contributed by atoms with Crippen molar-refractivity contribution in [2.24, 2.45) is 11.7 Å². The van der Waals surface area contributed by atoms with E-state index >= 15 is 0 Å². The van der Waals surface area contributed by atoms with E-state index in [2.05, 4.69) is 0 Å². The van der Waals surface area contributed by atoms with Crippen molar-refractivity contribution >= 4 is 5.97 Å². The molecule has 0 aromatic rings. The summed E-state index contributed by atoms with van der Waals surface area (Å²) >= 11 is 0. The monoisotopic (exact) mass is 129 g/mol. The van der Waals surface area contributed by atoms with Crippen LogP contribution in [0.25, 0.3) is 0 Å². The molecule has 0 aromatic carbocycles. The topological polar surface area (TPSA) is 63.3 Å². The zero-order valence-corrected chi connectivity index (χ0v) is 5.42. The molecule has 1 fully saturated rings. The summed E-state index contributed by atoms with van der Waals surface area (Å²) in [6.07, 6.45) is 1.53. The van der Waals surface area contributed by atoms with Crippen LogP contribution in [0.2, 0.25) is 0 Å². The van der Waals surface area contributed by atoms with Crippen LogP contribution in [-0.2, 0) is 4.79 Å². The number of carboxylic acid groups (broad SMARTS) is 1. The van der Waals surface area contributed by atoms with Gasteiger partial charge in [0.15, 0.2) is 0 Å². The molecule has 3 N–H and O–H groups in total. The van der Waals surface area contributed by atoms with Gasteiger partial charge < -0.3 is 10.8 Å². The highest BCUT2D eigenvalue weighted by Gasteiger charge is 2.56. The molecule has 3 heteroatoms. The molecule has 9 heavy (non-hydrogen) atoms. The molecule has 0 spiro atoms. The van der Waals surface area contributed by atoms with Gasteiger partial charge >= 0.3 is 5.97 Å². The highest BCUT2D eigenvalue weighted by atomic mass is 16.4. The van der Waals surface area contributed by atoms with Crippen LogP contribution in [0.1, 0.15) is 19.8 Å². The van der Waals surface area contributed by atoms with Crippen LogP contribution in [-0.4, -0.2) is 16.6 Å². The van der Waals surface area contributed by atoms with Crippen molar-refractivity contribution in [1.82, 2.24) is 0 Å². The van der Waals surface area contributed by atoms with Gasteiger partial charge in [0, 0.05) is 0 Å². The van der Waals surface area contributed by atoms with Gasteiger partial charge in [0.25, 0.3) is 0 Å². The first kappa shape index (κ1) is 6.55. The fourth-order valence-corrected chi connectivity index (χ4v) is 1.12. The SMILES string of the molecule is CCC1CC1(N)C(=O)O. The number of hydrogen-bond acceptors (Lipinski definition) is 2. The Morgan fingerprint density at radius 2 is 2.56 bits per heavy atom. The van der Waals surface area contributed by atoms with Gasteiger partial charge in [-0.1, -0.05) is 13.3 Å². The lowest BCUT2D eigenvalue weighted by Crippen LogP contribution is -2.34. The van der Waals surface area contributed by atoms with Crippen LogP contribution in [0, 0.1) is 5.92 Å². The Balaban J connectivity index is 2.52. The van der Waals surface area contributed by atoms with E-state index in [4.69, 9.17) is 10.8 Å². The van der Waals surface area contributed by atoms with Gasteiger partial charge in [-0.2, -0.15) is 0 Å². The average Bonchev–Trinajstić information content (AvgIpc) is 2.44. The second-order valence-electron chi connectivity index (χ2n) is 2.65. The van der Waals surface area contributed by atoms with E-state index in [1.807, 2.05) is 6.92 Å². The molecule has 0 heterocycles. The lowest BCUT2D eigenvalue weighted by molar-refractivity contribution is -0.140. The highest BCUT2D eigenvalue weighted by Crippen LogP contribution is 2.43. The molecule has 2 unspecified atom stereocenters. The van der Waals surface area contributed by atoms with Crippen molar-refractivity contribution in [2.75, 3.05) is 0 Å².